The van der Waals surface area contributed by atoms with E-state index < -0.39 is 14.9 Å². The summed E-state index contributed by atoms with van der Waals surface area (Å²) in [4.78, 5) is 20.2. The van der Waals surface area contributed by atoms with Crippen molar-refractivity contribution < 1.29 is 18.1 Å². The first-order valence-corrected chi connectivity index (χ1v) is 6.05. The van der Waals surface area contributed by atoms with Crippen LogP contribution in [0.15, 0.2) is 29.2 Å². The van der Waals surface area contributed by atoms with Gasteiger partial charge in [-0.15, -0.1) is 0 Å². The quantitative estimate of drug-likeness (QED) is 0.610. The average molecular weight is 258 g/mol. The Hall–Kier alpha value is -1.80. The molecule has 0 aliphatic rings. The molecule has 0 atom stereocenters. The highest BCUT2D eigenvalue weighted by Crippen LogP contribution is 2.16. The zero-order valence-corrected chi connectivity index (χ0v) is 9.73. The summed E-state index contributed by atoms with van der Waals surface area (Å²) < 4.78 is 25.3. The van der Waals surface area contributed by atoms with Gasteiger partial charge in [0.25, 0.3) is 5.69 Å². The van der Waals surface area contributed by atoms with Crippen molar-refractivity contribution >= 4 is 21.5 Å². The lowest BCUT2D eigenvalue weighted by Gasteiger charge is -2.04. The van der Waals surface area contributed by atoms with Gasteiger partial charge in [0.1, 0.15) is 5.78 Å². The van der Waals surface area contributed by atoms with Crippen LogP contribution in [0.25, 0.3) is 0 Å². The van der Waals surface area contributed by atoms with Gasteiger partial charge in [0.05, 0.1) is 16.4 Å². The van der Waals surface area contributed by atoms with Crippen LogP contribution in [0.1, 0.15) is 6.92 Å². The lowest BCUT2D eigenvalue weighted by Crippen LogP contribution is -2.28. The molecule has 1 aromatic rings. The number of carbonyl (C=O) groups is 1. The van der Waals surface area contributed by atoms with Gasteiger partial charge >= 0.3 is 0 Å². The summed E-state index contributed by atoms with van der Waals surface area (Å²) in [7, 11) is -3.89. The second-order valence-electron chi connectivity index (χ2n) is 3.28. The molecule has 7 nitrogen and oxygen atoms in total. The van der Waals surface area contributed by atoms with Gasteiger partial charge in [-0.25, -0.2) is 13.1 Å². The van der Waals surface area contributed by atoms with Crippen molar-refractivity contribution in [3.63, 3.8) is 0 Å². The van der Waals surface area contributed by atoms with Crippen LogP contribution in [-0.4, -0.2) is 25.7 Å². The van der Waals surface area contributed by atoms with Gasteiger partial charge in [-0.2, -0.15) is 0 Å². The maximum atomic E-state index is 11.6. The number of non-ortho nitro benzene ring substituents is 1. The molecule has 0 saturated heterocycles. The number of nitro benzene ring substituents is 1. The summed E-state index contributed by atoms with van der Waals surface area (Å²) in [5, 5.41) is 10.5. The van der Waals surface area contributed by atoms with Crippen molar-refractivity contribution in [2.24, 2.45) is 0 Å². The number of Topliss-reactive ketones (excluding diaryl/α,β-unsaturated/α-hetero) is 1. The molecule has 0 radical (unpaired) electrons. The highest BCUT2D eigenvalue weighted by atomic mass is 32.2. The monoisotopic (exact) mass is 258 g/mol. The molecule has 17 heavy (non-hydrogen) atoms. The maximum Gasteiger partial charge on any atom is 0.270 e. The SMILES string of the molecule is CC(=O)CNS(=O)(=O)c1cccc([N+](=O)[O-])c1. The van der Waals surface area contributed by atoms with Gasteiger partial charge in [-0.05, 0) is 13.0 Å². The number of benzene rings is 1. The molecule has 92 valence electrons. The van der Waals surface area contributed by atoms with Crippen molar-refractivity contribution in [1.82, 2.24) is 4.72 Å². The van der Waals surface area contributed by atoms with E-state index in [1.807, 2.05) is 4.72 Å². The molecule has 0 aliphatic carbocycles. The molecular formula is C9H10N2O5S. The van der Waals surface area contributed by atoms with Crippen LogP contribution in [0, 0.1) is 10.1 Å². The Balaban J connectivity index is 3.03. The molecule has 8 heteroatoms. The summed E-state index contributed by atoms with van der Waals surface area (Å²) in [5.74, 6) is -0.348. The molecule has 0 bridgehead atoms. The third-order valence-electron chi connectivity index (χ3n) is 1.85. The van der Waals surface area contributed by atoms with Gasteiger partial charge in [-0.1, -0.05) is 6.07 Å². The van der Waals surface area contributed by atoms with Gasteiger partial charge in [0.15, 0.2) is 0 Å². The number of ketones is 1. The van der Waals surface area contributed by atoms with Gasteiger partial charge < -0.3 is 0 Å². The minimum Gasteiger partial charge on any atom is -0.299 e. The highest BCUT2D eigenvalue weighted by molar-refractivity contribution is 7.89. The Morgan fingerprint density at radius 2 is 2.12 bits per heavy atom. The van der Waals surface area contributed by atoms with Crippen molar-refractivity contribution in [2.45, 2.75) is 11.8 Å². The predicted octanol–water partition coefficient (Wildman–Crippen LogP) is 0.462. The molecular weight excluding hydrogens is 248 g/mol. The van der Waals surface area contributed by atoms with E-state index in [2.05, 4.69) is 0 Å². The number of rotatable bonds is 5. The molecule has 1 rings (SSSR count). The zero-order valence-electron chi connectivity index (χ0n) is 8.91. The molecule has 1 N–H and O–H groups in total. The van der Waals surface area contributed by atoms with E-state index in [1.54, 1.807) is 0 Å². The number of nitrogens with zero attached hydrogens (tertiary/aromatic N) is 1. The fourth-order valence-corrected chi connectivity index (χ4v) is 2.14. The van der Waals surface area contributed by atoms with Crippen LogP contribution in [0.2, 0.25) is 0 Å². The summed E-state index contributed by atoms with van der Waals surface area (Å²) in [6.45, 7) is 0.890. The number of nitrogens with one attached hydrogen (secondary N) is 1. The lowest BCUT2D eigenvalue weighted by atomic mass is 10.3. The summed E-state index contributed by atoms with van der Waals surface area (Å²) >= 11 is 0. The van der Waals surface area contributed by atoms with Crippen LogP contribution in [0.4, 0.5) is 5.69 Å². The number of hydrogen-bond acceptors (Lipinski definition) is 5. The Labute approximate surface area is 97.7 Å². The number of nitro groups is 1. The first kappa shape index (κ1) is 13.3. The molecule has 0 saturated carbocycles. The number of sulfonamides is 1. The topological polar surface area (TPSA) is 106 Å². The summed E-state index contributed by atoms with van der Waals surface area (Å²) in [6.07, 6.45) is 0. The third kappa shape index (κ3) is 3.61. The van der Waals surface area contributed by atoms with E-state index in [0.29, 0.717) is 0 Å². The Morgan fingerprint density at radius 1 is 1.47 bits per heavy atom. The average Bonchev–Trinajstić information content (AvgIpc) is 2.27. The van der Waals surface area contributed by atoms with E-state index in [-0.39, 0.29) is 22.9 Å². The van der Waals surface area contributed by atoms with Crippen LogP contribution in [0.5, 0.6) is 0 Å². The van der Waals surface area contributed by atoms with E-state index in [4.69, 9.17) is 0 Å². The first-order chi connectivity index (χ1) is 7.83. The Kier molecular flexibility index (Phi) is 3.92. The largest absolute Gasteiger partial charge is 0.299 e. The van der Waals surface area contributed by atoms with Gasteiger partial charge in [-0.3, -0.25) is 14.9 Å². The molecule has 0 heterocycles. The molecule has 0 aromatic heterocycles. The molecule has 1 aromatic carbocycles. The summed E-state index contributed by atoms with van der Waals surface area (Å²) in [5.41, 5.74) is -0.323. The van der Waals surface area contributed by atoms with E-state index >= 15 is 0 Å². The fraction of sp³-hybridized carbons (Fsp3) is 0.222. The van der Waals surface area contributed by atoms with Gasteiger partial charge in [0, 0.05) is 12.1 Å². The highest BCUT2D eigenvalue weighted by Gasteiger charge is 2.17. The zero-order chi connectivity index (χ0) is 13.1. The standard InChI is InChI=1S/C9H10N2O5S/c1-7(12)6-10-17(15,16)9-4-2-3-8(5-9)11(13)14/h2-5,10H,6H2,1H3. The lowest BCUT2D eigenvalue weighted by molar-refractivity contribution is -0.385. The third-order valence-corrected chi connectivity index (χ3v) is 3.25. The van der Waals surface area contributed by atoms with Crippen molar-refractivity contribution in [1.29, 1.82) is 0 Å². The van der Waals surface area contributed by atoms with Gasteiger partial charge in [0.2, 0.25) is 10.0 Å². The molecule has 0 aliphatic heterocycles. The second-order valence-corrected chi connectivity index (χ2v) is 5.05. The van der Waals surface area contributed by atoms with Crippen LogP contribution in [-0.2, 0) is 14.8 Å². The van der Waals surface area contributed by atoms with Crippen LogP contribution < -0.4 is 4.72 Å². The Bertz CT molecular complexity index is 552. The Morgan fingerprint density at radius 3 is 2.65 bits per heavy atom. The van der Waals surface area contributed by atoms with Crippen LogP contribution >= 0.6 is 0 Å². The fourth-order valence-electron chi connectivity index (χ4n) is 1.04. The molecule has 0 spiro atoms. The summed E-state index contributed by atoms with van der Waals surface area (Å²) in [6, 6.07) is 4.60. The minimum atomic E-state index is -3.89. The molecule has 0 amide bonds. The van der Waals surface area contributed by atoms with Crippen LogP contribution in [0.3, 0.4) is 0 Å². The minimum absolute atomic E-state index is 0.243. The van der Waals surface area contributed by atoms with E-state index in [1.165, 1.54) is 25.1 Å². The van der Waals surface area contributed by atoms with Crippen molar-refractivity contribution in [3.8, 4) is 0 Å². The maximum absolute atomic E-state index is 11.6. The first-order valence-electron chi connectivity index (χ1n) is 4.56. The van der Waals surface area contributed by atoms with E-state index in [0.717, 1.165) is 6.07 Å². The van der Waals surface area contributed by atoms with Crippen molar-refractivity contribution in [3.05, 3.63) is 34.4 Å². The second kappa shape index (κ2) is 5.02. The smallest absolute Gasteiger partial charge is 0.270 e. The number of carbonyl (C=O) groups excluding carboxylic acids is 1. The predicted molar refractivity (Wildman–Crippen MR) is 59.0 cm³/mol. The normalized spacial score (nSPS) is 11.1. The van der Waals surface area contributed by atoms with E-state index in [9.17, 15) is 23.3 Å². The van der Waals surface area contributed by atoms with Crippen molar-refractivity contribution in [2.75, 3.05) is 6.54 Å². The molecule has 0 unspecified atom stereocenters. The molecule has 0 fully saturated rings. The number of hydrogen-bond donors (Lipinski definition) is 1.